The Kier molecular flexibility index (Phi) is 21.3. The quantitative estimate of drug-likeness (QED) is 0.158. The van der Waals surface area contributed by atoms with Crippen LogP contribution in [0.1, 0.15) is 129 Å². The first-order chi connectivity index (χ1) is 12.7. The lowest BCUT2D eigenvalue weighted by Gasteiger charge is -2.11. The topological polar surface area (TPSA) is 46.5 Å². The van der Waals surface area contributed by atoms with E-state index in [0.717, 1.165) is 18.8 Å². The van der Waals surface area contributed by atoms with Gasteiger partial charge in [0.05, 0.1) is 0 Å². The maximum Gasteiger partial charge on any atom is 0.694 e. The molecule has 0 saturated heterocycles. The Morgan fingerprint density at radius 3 is 1.35 bits per heavy atom. The lowest BCUT2D eigenvalue weighted by atomic mass is 9.95. The molecule has 1 atom stereocenters. The Morgan fingerprint density at radius 2 is 1.00 bits per heavy atom. The Bertz CT molecular complexity index is 293. The van der Waals surface area contributed by atoms with Crippen LogP contribution in [0.2, 0.25) is 0 Å². The predicted octanol–water partition coefficient (Wildman–Crippen LogP) is 8.33. The first-order valence-corrected chi connectivity index (χ1v) is 12.6. The van der Waals surface area contributed by atoms with Gasteiger partial charge in [0, 0.05) is 4.57 Å². The normalized spacial score (nSPS) is 12.1. The Labute approximate surface area is 164 Å². The molecular weight excluding hydrogens is 343 g/mol. The average molecular weight is 390 g/mol. The number of hydrogen-bond donors (Lipinski definition) is 1. The molecule has 0 rings (SSSR count). The third-order valence-corrected chi connectivity index (χ3v) is 6.02. The first-order valence-electron chi connectivity index (χ1n) is 11.5. The zero-order chi connectivity index (χ0) is 19.3. The minimum Gasteiger partial charge on any atom is -0.133 e. The second-order valence-electron chi connectivity index (χ2n) is 7.85. The van der Waals surface area contributed by atoms with Crippen LogP contribution in [0.25, 0.3) is 0 Å². The van der Waals surface area contributed by atoms with Gasteiger partial charge in [-0.25, -0.2) is 0 Å². The molecule has 0 aliphatic rings. The van der Waals surface area contributed by atoms with Crippen molar-refractivity contribution in [3.8, 4) is 0 Å². The minimum atomic E-state index is -2.40. The van der Waals surface area contributed by atoms with Gasteiger partial charge >= 0.3 is 8.25 Å². The molecule has 0 saturated carbocycles. The van der Waals surface area contributed by atoms with Gasteiger partial charge < -0.3 is 0 Å². The zero-order valence-corrected chi connectivity index (χ0v) is 18.6. The molecule has 4 heteroatoms. The summed E-state index contributed by atoms with van der Waals surface area (Å²) in [5.74, 6) is 0.975. The highest BCUT2D eigenvalue weighted by atomic mass is 31.1. The fourth-order valence-electron chi connectivity index (χ4n) is 3.67. The second kappa shape index (κ2) is 21.3. The molecule has 3 nitrogen and oxygen atoms in total. The van der Waals surface area contributed by atoms with Gasteiger partial charge in [0.2, 0.25) is 0 Å². The van der Waals surface area contributed by atoms with Crippen LogP contribution in [0.5, 0.6) is 0 Å². The van der Waals surface area contributed by atoms with Crippen molar-refractivity contribution in [2.24, 2.45) is 5.92 Å². The molecule has 0 fully saturated rings. The highest BCUT2D eigenvalue weighted by Crippen LogP contribution is 2.18. The summed E-state index contributed by atoms with van der Waals surface area (Å²) < 4.78 is 15.0. The van der Waals surface area contributed by atoms with Crippen LogP contribution < -0.4 is 0 Å². The van der Waals surface area contributed by atoms with Crippen LogP contribution in [0.15, 0.2) is 0 Å². The van der Waals surface area contributed by atoms with Gasteiger partial charge in [-0.05, 0) is 12.3 Å². The molecule has 0 bridgehead atoms. The summed E-state index contributed by atoms with van der Waals surface area (Å²) in [6.45, 7) is 5.08. The van der Waals surface area contributed by atoms with E-state index in [0.29, 0.717) is 6.61 Å². The van der Waals surface area contributed by atoms with Crippen molar-refractivity contribution in [2.75, 3.05) is 6.61 Å². The highest BCUT2D eigenvalue weighted by molar-refractivity contribution is 7.32. The van der Waals surface area contributed by atoms with Crippen LogP contribution in [0.3, 0.4) is 0 Å². The van der Waals surface area contributed by atoms with Crippen molar-refractivity contribution in [1.29, 1.82) is 0 Å². The van der Waals surface area contributed by atoms with Gasteiger partial charge in [-0.3, -0.25) is 0 Å². The molecular formula is C22H46O3P+. The predicted molar refractivity (Wildman–Crippen MR) is 114 cm³/mol. The molecule has 0 amide bonds. The standard InChI is InChI=1S/C22H45O3P/c1-3-22(4-2)20-18-16-14-12-10-8-6-5-7-9-11-13-15-17-19-21-25-26(23)24/h22H,3-21H2,1-2H3/p+1. The van der Waals surface area contributed by atoms with Gasteiger partial charge in [-0.1, -0.05) is 123 Å². The Hall–Kier alpha value is 0.0200. The molecule has 0 aromatic carbocycles. The first kappa shape index (κ1) is 26.0. The smallest absolute Gasteiger partial charge is 0.133 e. The summed E-state index contributed by atoms with van der Waals surface area (Å²) in [6, 6.07) is 0. The molecule has 0 aromatic heterocycles. The van der Waals surface area contributed by atoms with E-state index in [-0.39, 0.29) is 0 Å². The maximum absolute atomic E-state index is 10.3. The molecule has 0 radical (unpaired) electrons. The molecule has 0 spiro atoms. The third kappa shape index (κ3) is 20.3. The van der Waals surface area contributed by atoms with E-state index < -0.39 is 8.25 Å². The van der Waals surface area contributed by atoms with Gasteiger partial charge in [0.1, 0.15) is 6.61 Å². The van der Waals surface area contributed by atoms with Crippen molar-refractivity contribution in [2.45, 2.75) is 129 Å². The highest BCUT2D eigenvalue weighted by Gasteiger charge is 2.09. The van der Waals surface area contributed by atoms with Crippen molar-refractivity contribution in [3.63, 3.8) is 0 Å². The van der Waals surface area contributed by atoms with Crippen LogP contribution in [0, 0.1) is 5.92 Å². The van der Waals surface area contributed by atoms with Crippen molar-refractivity contribution in [3.05, 3.63) is 0 Å². The van der Waals surface area contributed by atoms with Crippen molar-refractivity contribution >= 4 is 8.25 Å². The molecule has 1 N–H and O–H groups in total. The fourth-order valence-corrected chi connectivity index (χ4v) is 3.96. The molecule has 26 heavy (non-hydrogen) atoms. The molecule has 1 unspecified atom stereocenters. The minimum absolute atomic E-state index is 0.420. The summed E-state index contributed by atoms with van der Waals surface area (Å²) in [6.07, 6.45) is 24.3. The fraction of sp³-hybridized carbons (Fsp3) is 1.00. The Morgan fingerprint density at radius 1 is 0.654 bits per heavy atom. The van der Waals surface area contributed by atoms with Gasteiger partial charge in [0.15, 0.2) is 0 Å². The van der Waals surface area contributed by atoms with E-state index in [1.807, 2.05) is 0 Å². The van der Waals surface area contributed by atoms with E-state index in [4.69, 9.17) is 4.89 Å². The third-order valence-electron chi connectivity index (χ3n) is 5.61. The summed E-state index contributed by atoms with van der Waals surface area (Å²) in [5.41, 5.74) is 0. The Balaban J connectivity index is 3.06. The van der Waals surface area contributed by atoms with Crippen molar-refractivity contribution in [1.82, 2.24) is 0 Å². The lowest BCUT2D eigenvalue weighted by Crippen LogP contribution is -1.96. The summed E-state index contributed by atoms with van der Waals surface area (Å²) in [4.78, 5) is 8.50. The number of rotatable bonds is 21. The van der Waals surface area contributed by atoms with E-state index in [1.54, 1.807) is 0 Å². The van der Waals surface area contributed by atoms with E-state index in [9.17, 15) is 4.57 Å². The van der Waals surface area contributed by atoms with Gasteiger partial charge in [-0.2, -0.15) is 0 Å². The molecule has 0 aliphatic carbocycles. The largest absolute Gasteiger partial charge is 0.694 e. The van der Waals surface area contributed by atoms with E-state index in [2.05, 4.69) is 18.4 Å². The monoisotopic (exact) mass is 389 g/mol. The van der Waals surface area contributed by atoms with E-state index >= 15 is 0 Å². The zero-order valence-electron chi connectivity index (χ0n) is 17.7. The molecule has 0 aromatic rings. The van der Waals surface area contributed by atoms with Crippen LogP contribution in [-0.4, -0.2) is 11.5 Å². The molecule has 0 heterocycles. The van der Waals surface area contributed by atoms with Crippen molar-refractivity contribution < 1.29 is 14.0 Å². The van der Waals surface area contributed by atoms with Crippen LogP contribution >= 0.6 is 8.25 Å². The average Bonchev–Trinajstić information content (AvgIpc) is 2.63. The number of unbranched alkanes of at least 4 members (excludes halogenated alkanes) is 14. The number of hydrogen-bond acceptors (Lipinski definition) is 2. The molecule has 156 valence electrons. The lowest BCUT2D eigenvalue weighted by molar-refractivity contribution is 0.273. The van der Waals surface area contributed by atoms with Crippen LogP contribution in [-0.2, 0) is 9.09 Å². The van der Waals surface area contributed by atoms with E-state index in [1.165, 1.54) is 103 Å². The van der Waals surface area contributed by atoms with Crippen LogP contribution in [0.4, 0.5) is 0 Å². The maximum atomic E-state index is 10.3. The second-order valence-corrected chi connectivity index (χ2v) is 8.58. The summed E-state index contributed by atoms with van der Waals surface area (Å²) in [7, 11) is -2.40. The van der Waals surface area contributed by atoms with Gasteiger partial charge in [0.25, 0.3) is 0 Å². The summed E-state index contributed by atoms with van der Waals surface area (Å²) >= 11 is 0. The summed E-state index contributed by atoms with van der Waals surface area (Å²) in [5, 5.41) is 0. The van der Waals surface area contributed by atoms with Gasteiger partial charge in [-0.15, -0.1) is 9.42 Å². The SMILES string of the molecule is CCC(CC)CCCCCCCCCCCCCCCCCO[P+](=O)O. The molecule has 0 aliphatic heterocycles.